The number of aliphatic hydroxyl groups is 1. The van der Waals surface area contributed by atoms with Crippen LogP contribution >= 0.6 is 0 Å². The van der Waals surface area contributed by atoms with Gasteiger partial charge in [0.1, 0.15) is 0 Å². The van der Waals surface area contributed by atoms with Gasteiger partial charge in [0.15, 0.2) is 0 Å². The molecule has 0 fully saturated rings. The number of hydrogen-bond acceptors (Lipinski definition) is 2. The molecular weight excluding hydrogens is 174 g/mol. The fourth-order valence-electron chi connectivity index (χ4n) is 1.80. The van der Waals surface area contributed by atoms with Gasteiger partial charge in [-0.25, -0.2) is 0 Å². The Kier molecular flexibility index (Phi) is 7.51. The van der Waals surface area contributed by atoms with E-state index in [-0.39, 0.29) is 6.42 Å². The van der Waals surface area contributed by atoms with Crippen LogP contribution < -0.4 is 0 Å². The van der Waals surface area contributed by atoms with Gasteiger partial charge in [-0.15, -0.1) is 0 Å². The Labute approximate surface area is 87.9 Å². The zero-order valence-corrected chi connectivity index (χ0v) is 9.55. The monoisotopic (exact) mass is 197 g/mol. The second-order valence-corrected chi connectivity index (χ2v) is 4.12. The minimum Gasteiger partial charge on any atom is -0.389 e. The normalized spacial score (nSPS) is 14.7. The fourth-order valence-corrected chi connectivity index (χ4v) is 1.80. The van der Waals surface area contributed by atoms with E-state index in [1.54, 1.807) is 0 Å². The summed E-state index contributed by atoms with van der Waals surface area (Å²) >= 11 is 0. The van der Waals surface area contributed by atoms with Crippen molar-refractivity contribution in [3.05, 3.63) is 0 Å². The standard InChI is InChI=1S/C12H23NO/c1-3-5-6-7-9-12(14,8-4-2)10-11-13/h14H,3-10H2,1-2H3/t12-/m1/s1. The number of rotatable bonds is 8. The maximum Gasteiger partial charge on any atom is 0.0777 e. The van der Waals surface area contributed by atoms with Crippen LogP contribution in [0.3, 0.4) is 0 Å². The van der Waals surface area contributed by atoms with E-state index in [1.165, 1.54) is 19.3 Å². The quantitative estimate of drug-likeness (QED) is 0.606. The highest BCUT2D eigenvalue weighted by Crippen LogP contribution is 2.24. The van der Waals surface area contributed by atoms with Crippen LogP contribution in [-0.4, -0.2) is 10.7 Å². The largest absolute Gasteiger partial charge is 0.389 e. The molecule has 0 aromatic heterocycles. The van der Waals surface area contributed by atoms with Crippen molar-refractivity contribution in [3.8, 4) is 6.07 Å². The van der Waals surface area contributed by atoms with E-state index in [1.807, 2.05) is 6.92 Å². The number of nitrogens with zero attached hydrogens (tertiary/aromatic N) is 1. The summed E-state index contributed by atoms with van der Waals surface area (Å²) in [5, 5.41) is 18.7. The van der Waals surface area contributed by atoms with Crippen molar-refractivity contribution in [3.63, 3.8) is 0 Å². The Morgan fingerprint density at radius 2 is 1.79 bits per heavy atom. The molecule has 1 N–H and O–H groups in total. The molecule has 0 radical (unpaired) electrons. The first-order valence-corrected chi connectivity index (χ1v) is 5.78. The molecule has 0 rings (SSSR count). The summed E-state index contributed by atoms with van der Waals surface area (Å²) < 4.78 is 0. The van der Waals surface area contributed by atoms with Crippen LogP contribution in [0.25, 0.3) is 0 Å². The number of nitriles is 1. The van der Waals surface area contributed by atoms with Crippen molar-refractivity contribution >= 4 is 0 Å². The van der Waals surface area contributed by atoms with E-state index in [9.17, 15) is 5.11 Å². The third-order valence-corrected chi connectivity index (χ3v) is 2.62. The van der Waals surface area contributed by atoms with Crippen molar-refractivity contribution < 1.29 is 5.11 Å². The predicted molar refractivity (Wildman–Crippen MR) is 58.8 cm³/mol. The van der Waals surface area contributed by atoms with Crippen molar-refractivity contribution in [1.82, 2.24) is 0 Å². The first-order chi connectivity index (χ1) is 6.68. The highest BCUT2D eigenvalue weighted by Gasteiger charge is 2.24. The molecule has 0 bridgehead atoms. The zero-order chi connectivity index (χ0) is 10.9. The van der Waals surface area contributed by atoms with Gasteiger partial charge in [0.25, 0.3) is 0 Å². The van der Waals surface area contributed by atoms with Crippen LogP contribution in [-0.2, 0) is 0 Å². The highest BCUT2D eigenvalue weighted by atomic mass is 16.3. The second-order valence-electron chi connectivity index (χ2n) is 4.12. The van der Waals surface area contributed by atoms with Gasteiger partial charge in [-0.1, -0.05) is 46.0 Å². The molecule has 0 aromatic rings. The van der Waals surface area contributed by atoms with E-state index < -0.39 is 5.60 Å². The number of hydrogen-bond donors (Lipinski definition) is 1. The minimum absolute atomic E-state index is 0.285. The fraction of sp³-hybridized carbons (Fsp3) is 0.917. The molecule has 1 atom stereocenters. The van der Waals surface area contributed by atoms with Crippen LogP contribution in [0.15, 0.2) is 0 Å². The van der Waals surface area contributed by atoms with E-state index in [4.69, 9.17) is 5.26 Å². The summed E-state index contributed by atoms with van der Waals surface area (Å²) in [7, 11) is 0. The van der Waals surface area contributed by atoms with E-state index in [0.717, 1.165) is 25.7 Å². The van der Waals surface area contributed by atoms with Crippen molar-refractivity contribution in [2.24, 2.45) is 0 Å². The molecule has 0 spiro atoms. The summed E-state index contributed by atoms with van der Waals surface area (Å²) in [5.41, 5.74) is -0.711. The van der Waals surface area contributed by atoms with Gasteiger partial charge in [0.05, 0.1) is 18.1 Å². The lowest BCUT2D eigenvalue weighted by Gasteiger charge is -2.24. The lowest BCUT2D eigenvalue weighted by Crippen LogP contribution is -2.27. The average Bonchev–Trinajstić information content (AvgIpc) is 2.13. The lowest BCUT2D eigenvalue weighted by molar-refractivity contribution is 0.0241. The predicted octanol–water partition coefficient (Wildman–Crippen LogP) is 3.40. The van der Waals surface area contributed by atoms with E-state index in [2.05, 4.69) is 13.0 Å². The molecule has 0 aliphatic rings. The summed E-state index contributed by atoms with van der Waals surface area (Å²) in [5.74, 6) is 0. The molecule has 0 aliphatic carbocycles. The summed E-state index contributed by atoms with van der Waals surface area (Å²) in [4.78, 5) is 0. The van der Waals surface area contributed by atoms with E-state index >= 15 is 0 Å². The molecule has 0 saturated heterocycles. The van der Waals surface area contributed by atoms with Crippen LogP contribution in [0.2, 0.25) is 0 Å². The Morgan fingerprint density at radius 1 is 1.07 bits per heavy atom. The molecule has 0 heterocycles. The maximum atomic E-state index is 10.1. The third-order valence-electron chi connectivity index (χ3n) is 2.62. The highest BCUT2D eigenvalue weighted by molar-refractivity contribution is 4.88. The maximum absolute atomic E-state index is 10.1. The van der Waals surface area contributed by atoms with Crippen LogP contribution in [0, 0.1) is 11.3 Å². The molecule has 2 heteroatoms. The zero-order valence-electron chi connectivity index (χ0n) is 9.55. The first-order valence-electron chi connectivity index (χ1n) is 5.78. The summed E-state index contributed by atoms with van der Waals surface area (Å²) in [6, 6.07) is 2.08. The first kappa shape index (κ1) is 13.4. The average molecular weight is 197 g/mol. The topological polar surface area (TPSA) is 44.0 Å². The van der Waals surface area contributed by atoms with Crippen molar-refractivity contribution in [1.29, 1.82) is 5.26 Å². The minimum atomic E-state index is -0.711. The van der Waals surface area contributed by atoms with Gasteiger partial charge in [-0.05, 0) is 12.8 Å². The molecule has 82 valence electrons. The lowest BCUT2D eigenvalue weighted by atomic mass is 9.89. The SMILES string of the molecule is CCCCCC[C@@](O)(CC#N)CCC. The van der Waals surface area contributed by atoms with Crippen molar-refractivity contribution in [2.75, 3.05) is 0 Å². The van der Waals surface area contributed by atoms with Crippen LogP contribution in [0.4, 0.5) is 0 Å². The van der Waals surface area contributed by atoms with Crippen molar-refractivity contribution in [2.45, 2.75) is 70.8 Å². The molecular formula is C12H23NO. The van der Waals surface area contributed by atoms with Crippen LogP contribution in [0.5, 0.6) is 0 Å². The summed E-state index contributed by atoms with van der Waals surface area (Å²) in [6.45, 7) is 4.22. The third kappa shape index (κ3) is 5.99. The number of unbranched alkanes of at least 4 members (excludes halogenated alkanes) is 3. The Morgan fingerprint density at radius 3 is 2.29 bits per heavy atom. The van der Waals surface area contributed by atoms with Gasteiger partial charge in [-0.3, -0.25) is 0 Å². The molecule has 0 amide bonds. The van der Waals surface area contributed by atoms with Gasteiger partial charge in [0.2, 0.25) is 0 Å². The van der Waals surface area contributed by atoms with E-state index in [0.29, 0.717) is 0 Å². The van der Waals surface area contributed by atoms with Crippen LogP contribution in [0.1, 0.15) is 65.2 Å². The van der Waals surface area contributed by atoms with Gasteiger partial charge in [-0.2, -0.15) is 5.26 Å². The molecule has 2 nitrogen and oxygen atoms in total. The smallest absolute Gasteiger partial charge is 0.0777 e. The van der Waals surface area contributed by atoms with Gasteiger partial charge >= 0.3 is 0 Å². The Bertz CT molecular complexity index is 174. The molecule has 0 saturated carbocycles. The molecule has 0 aliphatic heterocycles. The molecule has 14 heavy (non-hydrogen) atoms. The Balaban J connectivity index is 3.78. The van der Waals surface area contributed by atoms with Gasteiger partial charge < -0.3 is 5.11 Å². The molecule has 0 unspecified atom stereocenters. The summed E-state index contributed by atoms with van der Waals surface area (Å²) in [6.07, 6.45) is 7.44. The molecule has 0 aromatic carbocycles. The second kappa shape index (κ2) is 7.82. The Hall–Kier alpha value is -0.550. The van der Waals surface area contributed by atoms with Gasteiger partial charge in [0, 0.05) is 0 Å².